The van der Waals surface area contributed by atoms with Gasteiger partial charge in [-0.2, -0.15) is 0 Å². The average Bonchev–Trinajstić information content (AvgIpc) is 3.48. The summed E-state index contributed by atoms with van der Waals surface area (Å²) in [6, 6.07) is 14.2. The van der Waals surface area contributed by atoms with Crippen LogP contribution in [0.2, 0.25) is 0 Å². The number of hydrogen-bond acceptors (Lipinski definition) is 4. The van der Waals surface area contributed by atoms with Crippen molar-refractivity contribution in [3.8, 4) is 5.75 Å². The molecule has 32 heavy (non-hydrogen) atoms. The molecule has 3 fully saturated rings. The van der Waals surface area contributed by atoms with E-state index in [-0.39, 0.29) is 29.1 Å². The van der Waals surface area contributed by atoms with Crippen LogP contribution < -0.4 is 9.64 Å². The molecule has 2 saturated carbocycles. The van der Waals surface area contributed by atoms with Gasteiger partial charge >= 0.3 is 5.97 Å². The summed E-state index contributed by atoms with van der Waals surface area (Å²) in [6.45, 7) is 6.51. The summed E-state index contributed by atoms with van der Waals surface area (Å²) >= 11 is 0. The van der Waals surface area contributed by atoms with Gasteiger partial charge in [0.15, 0.2) is 0 Å². The zero-order valence-corrected chi connectivity index (χ0v) is 18.8. The molecule has 2 aromatic carbocycles. The minimum atomic E-state index is -0.506. The molecule has 1 heterocycles. The molecule has 0 aromatic heterocycles. The van der Waals surface area contributed by atoms with Crippen molar-refractivity contribution in [1.82, 2.24) is 0 Å². The zero-order chi connectivity index (χ0) is 22.6. The van der Waals surface area contributed by atoms with Gasteiger partial charge in [0.2, 0.25) is 11.8 Å². The molecule has 4 atom stereocenters. The molecule has 2 bridgehead atoms. The Morgan fingerprint density at radius 1 is 1.00 bits per heavy atom. The van der Waals surface area contributed by atoms with Crippen LogP contribution in [0, 0.1) is 23.7 Å². The summed E-state index contributed by atoms with van der Waals surface area (Å²) in [6.07, 6.45) is 4.09. The van der Waals surface area contributed by atoms with Crippen LogP contribution in [-0.4, -0.2) is 17.8 Å². The second-order valence-corrected chi connectivity index (χ2v) is 10.1. The third-order valence-electron chi connectivity index (χ3n) is 8.00. The predicted octanol–water partition coefficient (Wildman–Crippen LogP) is 5.13. The van der Waals surface area contributed by atoms with E-state index < -0.39 is 5.97 Å². The number of rotatable bonds is 5. The Morgan fingerprint density at radius 2 is 1.62 bits per heavy atom. The largest absolute Gasteiger partial charge is 0.423 e. The molecule has 1 saturated heterocycles. The summed E-state index contributed by atoms with van der Waals surface area (Å²) < 4.78 is 5.56. The lowest BCUT2D eigenvalue weighted by Gasteiger charge is -2.23. The molecule has 0 spiro atoms. The molecule has 5 rings (SSSR count). The fourth-order valence-corrected chi connectivity index (χ4v) is 5.78. The summed E-state index contributed by atoms with van der Waals surface area (Å²) in [4.78, 5) is 40.3. The molecular formula is C27H29NO4. The number of anilines is 1. The molecule has 5 heteroatoms. The van der Waals surface area contributed by atoms with Gasteiger partial charge in [0.25, 0.3) is 0 Å². The molecule has 2 aliphatic carbocycles. The molecule has 5 nitrogen and oxygen atoms in total. The van der Waals surface area contributed by atoms with Crippen molar-refractivity contribution >= 4 is 23.5 Å². The Kier molecular flexibility index (Phi) is 4.95. The van der Waals surface area contributed by atoms with Gasteiger partial charge in [0, 0.05) is 0 Å². The van der Waals surface area contributed by atoms with E-state index in [1.54, 1.807) is 36.4 Å². The van der Waals surface area contributed by atoms with E-state index in [0.29, 0.717) is 28.8 Å². The maximum absolute atomic E-state index is 13.1. The highest BCUT2D eigenvalue weighted by atomic mass is 16.5. The molecule has 0 radical (unpaired) electrons. The van der Waals surface area contributed by atoms with Crippen molar-refractivity contribution in [2.45, 2.75) is 51.9 Å². The number of nitrogens with zero attached hydrogens (tertiary/aromatic N) is 1. The molecule has 0 N–H and O–H groups in total. The van der Waals surface area contributed by atoms with Gasteiger partial charge in [0.1, 0.15) is 5.75 Å². The number of amides is 2. The number of imide groups is 1. The first kappa shape index (κ1) is 20.9. The van der Waals surface area contributed by atoms with E-state index in [9.17, 15) is 14.4 Å². The van der Waals surface area contributed by atoms with E-state index >= 15 is 0 Å². The minimum absolute atomic E-state index is 0.0590. The second kappa shape index (κ2) is 7.58. The highest BCUT2D eigenvalue weighted by Crippen LogP contribution is 2.56. The molecule has 2 aromatic rings. The van der Waals surface area contributed by atoms with E-state index in [4.69, 9.17) is 4.74 Å². The van der Waals surface area contributed by atoms with Gasteiger partial charge in [0.05, 0.1) is 23.1 Å². The van der Waals surface area contributed by atoms with Gasteiger partial charge in [-0.1, -0.05) is 39.0 Å². The van der Waals surface area contributed by atoms with Crippen LogP contribution in [0.25, 0.3) is 0 Å². The summed E-state index contributed by atoms with van der Waals surface area (Å²) in [5.41, 5.74) is 2.03. The highest BCUT2D eigenvalue weighted by molar-refractivity contribution is 6.22. The number of esters is 1. The number of hydrogen-bond donors (Lipinski definition) is 0. The van der Waals surface area contributed by atoms with E-state index in [1.165, 1.54) is 10.5 Å². The number of carbonyl (C=O) groups excluding carboxylic acids is 3. The fraction of sp³-hybridized carbons (Fsp3) is 0.444. The van der Waals surface area contributed by atoms with Crippen molar-refractivity contribution in [3.05, 3.63) is 59.7 Å². The van der Waals surface area contributed by atoms with Crippen molar-refractivity contribution in [1.29, 1.82) is 0 Å². The highest BCUT2D eigenvalue weighted by Gasteiger charge is 2.61. The monoisotopic (exact) mass is 431 g/mol. The van der Waals surface area contributed by atoms with Gasteiger partial charge in [-0.05, 0) is 78.8 Å². The topological polar surface area (TPSA) is 63.7 Å². The van der Waals surface area contributed by atoms with E-state index in [0.717, 1.165) is 25.7 Å². The van der Waals surface area contributed by atoms with Gasteiger partial charge in [-0.25, -0.2) is 4.79 Å². The standard InChI is InChI=1S/C27H29NO4/c1-4-27(2,3)19-10-12-21(13-11-19)32-26(31)18-6-5-7-20(15-18)28-24(29)22-16-8-9-17(14-16)23(22)25(28)30/h5-7,10-13,15-17,22-23H,4,8-9,14H2,1-3H3/t16-,17+,22-,23+. The van der Waals surface area contributed by atoms with Crippen LogP contribution in [0.5, 0.6) is 5.75 Å². The number of ether oxygens (including phenoxy) is 1. The van der Waals surface area contributed by atoms with E-state index in [1.807, 2.05) is 12.1 Å². The quantitative estimate of drug-likeness (QED) is 0.374. The van der Waals surface area contributed by atoms with Crippen molar-refractivity contribution in [3.63, 3.8) is 0 Å². The first-order chi connectivity index (χ1) is 15.3. The minimum Gasteiger partial charge on any atom is -0.423 e. The van der Waals surface area contributed by atoms with Crippen molar-refractivity contribution < 1.29 is 19.1 Å². The lowest BCUT2D eigenvalue weighted by molar-refractivity contribution is -0.123. The molecule has 1 aliphatic heterocycles. The lowest BCUT2D eigenvalue weighted by atomic mass is 9.81. The number of fused-ring (bicyclic) bond motifs is 5. The average molecular weight is 432 g/mol. The Labute approximate surface area is 188 Å². The number of benzene rings is 2. The maximum Gasteiger partial charge on any atom is 0.343 e. The summed E-state index contributed by atoms with van der Waals surface area (Å²) in [7, 11) is 0. The normalized spacial score (nSPS) is 26.5. The van der Waals surface area contributed by atoms with Gasteiger partial charge < -0.3 is 4.74 Å². The predicted molar refractivity (Wildman–Crippen MR) is 121 cm³/mol. The first-order valence-corrected chi connectivity index (χ1v) is 11.6. The Hall–Kier alpha value is -2.95. The SMILES string of the molecule is CCC(C)(C)c1ccc(OC(=O)c2cccc(N3C(=O)[C@@H]4[C@@H]5CC[C@@H](C5)[C@@H]4C3=O)c2)cc1. The Morgan fingerprint density at radius 3 is 2.22 bits per heavy atom. The zero-order valence-electron chi connectivity index (χ0n) is 18.8. The van der Waals surface area contributed by atoms with Crippen LogP contribution in [0.15, 0.2) is 48.5 Å². The fourth-order valence-electron chi connectivity index (χ4n) is 5.78. The smallest absolute Gasteiger partial charge is 0.343 e. The second-order valence-electron chi connectivity index (χ2n) is 10.1. The molecule has 3 aliphatic rings. The Bertz CT molecular complexity index is 1060. The van der Waals surface area contributed by atoms with Crippen LogP contribution in [-0.2, 0) is 15.0 Å². The van der Waals surface area contributed by atoms with E-state index in [2.05, 4.69) is 20.8 Å². The molecule has 166 valence electrons. The third-order valence-corrected chi connectivity index (χ3v) is 8.00. The van der Waals surface area contributed by atoms with Crippen LogP contribution in [0.4, 0.5) is 5.69 Å². The number of carbonyl (C=O) groups is 3. The van der Waals surface area contributed by atoms with Crippen LogP contribution in [0.3, 0.4) is 0 Å². The molecular weight excluding hydrogens is 402 g/mol. The lowest BCUT2D eigenvalue weighted by Crippen LogP contribution is -2.32. The van der Waals surface area contributed by atoms with Gasteiger partial charge in [-0.3, -0.25) is 14.5 Å². The van der Waals surface area contributed by atoms with Crippen LogP contribution in [0.1, 0.15) is 62.4 Å². The first-order valence-electron chi connectivity index (χ1n) is 11.6. The Balaban J connectivity index is 1.34. The van der Waals surface area contributed by atoms with Crippen LogP contribution >= 0.6 is 0 Å². The van der Waals surface area contributed by atoms with Crippen molar-refractivity contribution in [2.75, 3.05) is 4.90 Å². The third kappa shape index (κ3) is 3.26. The maximum atomic E-state index is 13.1. The molecule has 2 amide bonds. The molecule has 0 unspecified atom stereocenters. The van der Waals surface area contributed by atoms with Crippen molar-refractivity contribution in [2.24, 2.45) is 23.7 Å². The van der Waals surface area contributed by atoms with Gasteiger partial charge in [-0.15, -0.1) is 0 Å². The summed E-state index contributed by atoms with van der Waals surface area (Å²) in [5, 5.41) is 0. The summed E-state index contributed by atoms with van der Waals surface area (Å²) in [5.74, 6) is 0.0638.